The Balaban J connectivity index is 1.68. The molecule has 3 aliphatic rings. The third kappa shape index (κ3) is 2.11. The van der Waals surface area contributed by atoms with Gasteiger partial charge in [-0.05, 0) is 19.1 Å². The molecular formula is C22H20N2O5. The van der Waals surface area contributed by atoms with E-state index in [2.05, 4.69) is 6.07 Å². The summed E-state index contributed by atoms with van der Waals surface area (Å²) < 4.78 is 6.09. The molecule has 3 fully saturated rings. The summed E-state index contributed by atoms with van der Waals surface area (Å²) in [6.45, 7) is 1.47. The molecule has 0 saturated carbocycles. The largest absolute Gasteiger partial charge is 0.396 e. The van der Waals surface area contributed by atoms with Crippen LogP contribution in [0.3, 0.4) is 0 Å². The van der Waals surface area contributed by atoms with Crippen molar-refractivity contribution in [2.75, 3.05) is 11.5 Å². The van der Waals surface area contributed by atoms with Crippen LogP contribution in [0.2, 0.25) is 0 Å². The van der Waals surface area contributed by atoms with E-state index in [0.29, 0.717) is 22.0 Å². The number of ether oxygens (including phenoxy) is 1. The van der Waals surface area contributed by atoms with Gasteiger partial charge >= 0.3 is 0 Å². The average Bonchev–Trinajstić information content (AvgIpc) is 3.23. The minimum absolute atomic E-state index is 0.182. The van der Waals surface area contributed by atoms with E-state index in [1.165, 1.54) is 4.90 Å². The zero-order valence-electron chi connectivity index (χ0n) is 15.8. The maximum absolute atomic E-state index is 13.5. The number of hydrogen-bond donors (Lipinski definition) is 2. The number of carbonyl (C=O) groups excluding carboxylic acids is 2. The fraction of sp³-hybridized carbons (Fsp3) is 0.409. The molecule has 0 aromatic heterocycles. The molecule has 2 aromatic rings. The lowest BCUT2D eigenvalue weighted by atomic mass is 9.66. The van der Waals surface area contributed by atoms with Crippen LogP contribution in [0.5, 0.6) is 0 Å². The minimum Gasteiger partial charge on any atom is -0.396 e. The number of carbonyl (C=O) groups is 2. The molecular weight excluding hydrogens is 372 g/mol. The highest BCUT2D eigenvalue weighted by atomic mass is 16.6. The maximum Gasteiger partial charge on any atom is 0.240 e. The number of aliphatic hydroxyl groups excluding tert-OH is 2. The van der Waals surface area contributed by atoms with E-state index in [-0.39, 0.29) is 25.4 Å². The molecule has 3 saturated heterocycles. The molecule has 0 aliphatic carbocycles. The predicted octanol–water partition coefficient (Wildman–Crippen LogP) is 1.49. The molecule has 2 aromatic carbocycles. The highest BCUT2D eigenvalue weighted by Gasteiger charge is 2.76. The number of rotatable bonds is 3. The van der Waals surface area contributed by atoms with Crippen molar-refractivity contribution in [3.8, 4) is 6.07 Å². The van der Waals surface area contributed by atoms with Crippen LogP contribution in [-0.4, -0.2) is 45.9 Å². The number of benzene rings is 2. The predicted molar refractivity (Wildman–Crippen MR) is 103 cm³/mol. The van der Waals surface area contributed by atoms with Gasteiger partial charge in [0.05, 0.1) is 40.9 Å². The lowest BCUT2D eigenvalue weighted by Gasteiger charge is -2.33. The monoisotopic (exact) mass is 392 g/mol. The van der Waals surface area contributed by atoms with Crippen molar-refractivity contribution in [3.63, 3.8) is 0 Å². The molecule has 5 atom stereocenters. The molecule has 2 N–H and O–H groups in total. The Bertz CT molecular complexity index is 1110. The summed E-state index contributed by atoms with van der Waals surface area (Å²) in [6.07, 6.45) is -0.488. The van der Waals surface area contributed by atoms with Gasteiger partial charge in [0.15, 0.2) is 0 Å². The van der Waals surface area contributed by atoms with Gasteiger partial charge in [0.25, 0.3) is 0 Å². The first-order valence-corrected chi connectivity index (χ1v) is 9.67. The number of anilines is 1. The lowest BCUT2D eigenvalue weighted by Crippen LogP contribution is -2.49. The fourth-order valence-electron chi connectivity index (χ4n) is 5.63. The normalized spacial score (nSPS) is 35.4. The van der Waals surface area contributed by atoms with Crippen LogP contribution in [0.25, 0.3) is 10.8 Å². The first-order chi connectivity index (χ1) is 13.9. The van der Waals surface area contributed by atoms with E-state index < -0.39 is 35.0 Å². The van der Waals surface area contributed by atoms with E-state index in [4.69, 9.17) is 4.74 Å². The first-order valence-electron chi connectivity index (χ1n) is 9.67. The summed E-state index contributed by atoms with van der Waals surface area (Å²) in [4.78, 5) is 28.2. The van der Waals surface area contributed by atoms with Gasteiger partial charge in [-0.15, -0.1) is 0 Å². The molecule has 0 spiro atoms. The average molecular weight is 392 g/mol. The second-order valence-electron chi connectivity index (χ2n) is 8.30. The zero-order valence-corrected chi connectivity index (χ0v) is 15.8. The van der Waals surface area contributed by atoms with Gasteiger partial charge in [-0.2, -0.15) is 5.26 Å². The summed E-state index contributed by atoms with van der Waals surface area (Å²) in [5, 5.41) is 30.9. The van der Waals surface area contributed by atoms with Crippen molar-refractivity contribution in [3.05, 3.63) is 42.0 Å². The van der Waals surface area contributed by atoms with Crippen molar-refractivity contribution in [1.82, 2.24) is 0 Å². The van der Waals surface area contributed by atoms with Gasteiger partial charge in [-0.25, -0.2) is 4.90 Å². The molecule has 29 heavy (non-hydrogen) atoms. The van der Waals surface area contributed by atoms with Crippen molar-refractivity contribution in [2.24, 2.45) is 11.8 Å². The van der Waals surface area contributed by atoms with Crippen LogP contribution in [-0.2, 0) is 14.3 Å². The van der Waals surface area contributed by atoms with Crippen LogP contribution in [0.1, 0.15) is 25.3 Å². The Morgan fingerprint density at radius 1 is 1.17 bits per heavy atom. The van der Waals surface area contributed by atoms with Gasteiger partial charge in [0, 0.05) is 30.2 Å². The second-order valence-corrected chi connectivity index (χ2v) is 8.30. The summed E-state index contributed by atoms with van der Waals surface area (Å²) in [6, 6.07) is 12.5. The van der Waals surface area contributed by atoms with E-state index >= 15 is 0 Å². The smallest absolute Gasteiger partial charge is 0.240 e. The molecule has 148 valence electrons. The van der Waals surface area contributed by atoms with E-state index in [1.54, 1.807) is 43.3 Å². The minimum atomic E-state index is -1.16. The topological polar surface area (TPSA) is 111 Å². The van der Waals surface area contributed by atoms with Gasteiger partial charge in [0.2, 0.25) is 11.8 Å². The molecule has 7 nitrogen and oxygen atoms in total. The number of amides is 2. The fourth-order valence-corrected chi connectivity index (χ4v) is 5.63. The highest BCUT2D eigenvalue weighted by molar-refractivity contribution is 6.26. The lowest BCUT2D eigenvalue weighted by molar-refractivity contribution is -0.134. The SMILES string of the molecule is CC12OC(CCO)(C[C@@H]1O)[C@H]1C(=O)N(c3ccc(C#N)c4ccccc34)C(=O)C12. The zero-order chi connectivity index (χ0) is 20.6. The van der Waals surface area contributed by atoms with Crippen LogP contribution in [0.15, 0.2) is 36.4 Å². The second kappa shape index (κ2) is 5.86. The van der Waals surface area contributed by atoms with Gasteiger partial charge in [0.1, 0.15) is 5.60 Å². The standard InChI is InChI=1S/C22H20N2O5/c1-21-16(26)10-22(29-21,8-9-25)18-17(21)19(27)24(20(18)28)15-7-6-12(11-23)13-4-2-3-5-14(13)15/h2-7,16-18,25-26H,8-10H2,1H3/t16-,17?,18+,21?,22?/m0/s1. The van der Waals surface area contributed by atoms with Crippen LogP contribution >= 0.6 is 0 Å². The summed E-state index contributed by atoms with van der Waals surface area (Å²) >= 11 is 0. The van der Waals surface area contributed by atoms with Gasteiger partial charge in [-0.3, -0.25) is 9.59 Å². The molecule has 7 heteroatoms. The van der Waals surface area contributed by atoms with Crippen LogP contribution in [0.4, 0.5) is 5.69 Å². The number of fused-ring (bicyclic) bond motifs is 6. The van der Waals surface area contributed by atoms with Crippen molar-refractivity contribution >= 4 is 28.3 Å². The number of hydrogen-bond acceptors (Lipinski definition) is 6. The summed E-state index contributed by atoms with van der Waals surface area (Å²) in [7, 11) is 0. The van der Waals surface area contributed by atoms with Crippen molar-refractivity contribution in [1.29, 1.82) is 5.26 Å². The van der Waals surface area contributed by atoms with Gasteiger partial charge < -0.3 is 14.9 Å². The number of nitrogens with zero attached hydrogens (tertiary/aromatic N) is 2. The number of nitriles is 1. The Labute approximate surface area is 167 Å². The summed E-state index contributed by atoms with van der Waals surface area (Å²) in [5.74, 6) is -2.33. The molecule has 0 radical (unpaired) electrons. The van der Waals surface area contributed by atoms with Crippen LogP contribution in [0, 0.1) is 23.2 Å². The molecule has 2 amide bonds. The summed E-state index contributed by atoms with van der Waals surface area (Å²) in [5.41, 5.74) is -1.31. The molecule has 2 bridgehead atoms. The van der Waals surface area contributed by atoms with E-state index in [1.807, 2.05) is 0 Å². The van der Waals surface area contributed by atoms with E-state index in [0.717, 1.165) is 0 Å². The Hall–Kier alpha value is -2.79. The number of aliphatic hydroxyl groups is 2. The molecule has 5 rings (SSSR count). The Kier molecular flexibility index (Phi) is 3.69. The van der Waals surface area contributed by atoms with Gasteiger partial charge in [-0.1, -0.05) is 24.3 Å². The quantitative estimate of drug-likeness (QED) is 0.766. The number of imide groups is 1. The first kappa shape index (κ1) is 18.3. The van der Waals surface area contributed by atoms with E-state index in [9.17, 15) is 25.1 Å². The Morgan fingerprint density at radius 3 is 2.55 bits per heavy atom. The van der Waals surface area contributed by atoms with Crippen molar-refractivity contribution in [2.45, 2.75) is 37.1 Å². The molecule has 3 heterocycles. The highest BCUT2D eigenvalue weighted by Crippen LogP contribution is 2.62. The van der Waals surface area contributed by atoms with Crippen LogP contribution < -0.4 is 4.90 Å². The molecule has 3 unspecified atom stereocenters. The third-order valence-electron chi connectivity index (χ3n) is 6.91. The Morgan fingerprint density at radius 2 is 1.86 bits per heavy atom. The van der Waals surface area contributed by atoms with Crippen molar-refractivity contribution < 1.29 is 24.5 Å². The maximum atomic E-state index is 13.5. The third-order valence-corrected chi connectivity index (χ3v) is 6.91. The molecule has 3 aliphatic heterocycles.